The Balaban J connectivity index is 1.07. The maximum Gasteiger partial charge on any atom is 0.159 e. The van der Waals surface area contributed by atoms with Crippen molar-refractivity contribution in [2.45, 2.75) is 0 Å². The van der Waals surface area contributed by atoms with E-state index in [4.69, 9.17) is 4.42 Å². The third-order valence-electron chi connectivity index (χ3n) is 10.5. The van der Waals surface area contributed by atoms with Crippen LogP contribution in [0.2, 0.25) is 0 Å². The number of hydrogen-bond acceptors (Lipinski definition) is 2. The van der Waals surface area contributed by atoms with Crippen LogP contribution in [0.1, 0.15) is 0 Å². The molecule has 2 heteroatoms. The Bertz CT molecular complexity index is 2890. The van der Waals surface area contributed by atoms with Crippen LogP contribution in [0.15, 0.2) is 217 Å². The molecule has 0 atom stereocenters. The van der Waals surface area contributed by atoms with E-state index in [1.54, 1.807) is 0 Å². The van der Waals surface area contributed by atoms with Gasteiger partial charge in [-0.2, -0.15) is 0 Å². The number of fused-ring (bicyclic) bond motifs is 5. The first-order valence-corrected chi connectivity index (χ1v) is 18.4. The Kier molecular flexibility index (Phi) is 7.85. The van der Waals surface area contributed by atoms with Gasteiger partial charge in [-0.15, -0.1) is 0 Å². The molecule has 0 unspecified atom stereocenters. The van der Waals surface area contributed by atoms with Gasteiger partial charge < -0.3 is 9.32 Å². The average Bonchev–Trinajstić information content (AvgIpc) is 3.65. The molecule has 0 saturated heterocycles. The second-order valence-electron chi connectivity index (χ2n) is 13.7. The van der Waals surface area contributed by atoms with Crippen LogP contribution >= 0.6 is 0 Å². The maximum absolute atomic E-state index is 6.87. The summed E-state index contributed by atoms with van der Waals surface area (Å²) in [4.78, 5) is 2.32. The topological polar surface area (TPSA) is 16.4 Å². The van der Waals surface area contributed by atoms with E-state index in [9.17, 15) is 0 Å². The summed E-state index contributed by atoms with van der Waals surface area (Å²) < 4.78 is 6.87. The van der Waals surface area contributed by atoms with E-state index in [-0.39, 0.29) is 0 Å². The van der Waals surface area contributed by atoms with Gasteiger partial charge in [0, 0.05) is 27.5 Å². The molecule has 1 heterocycles. The van der Waals surface area contributed by atoms with Crippen LogP contribution in [0.4, 0.5) is 17.1 Å². The van der Waals surface area contributed by atoms with Crippen molar-refractivity contribution in [2.75, 3.05) is 4.90 Å². The number of benzene rings is 9. The van der Waals surface area contributed by atoms with Gasteiger partial charge in [-0.1, -0.05) is 170 Å². The molecule has 0 aliphatic heterocycles. The van der Waals surface area contributed by atoms with Crippen molar-refractivity contribution in [3.63, 3.8) is 0 Å². The van der Waals surface area contributed by atoms with Crippen LogP contribution in [0, 0.1) is 0 Å². The first-order valence-electron chi connectivity index (χ1n) is 18.4. The fourth-order valence-electron chi connectivity index (χ4n) is 7.72. The number of hydrogen-bond donors (Lipinski definition) is 0. The summed E-state index contributed by atoms with van der Waals surface area (Å²) >= 11 is 0. The molecule has 0 saturated carbocycles. The molecule has 9 aromatic carbocycles. The number of rotatable bonds is 7. The lowest BCUT2D eigenvalue weighted by molar-refractivity contribution is 0.673. The quantitative estimate of drug-likeness (QED) is 0.166. The molecule has 1 aromatic heterocycles. The molecular weight excluding hydrogens is 655 g/mol. The van der Waals surface area contributed by atoms with Crippen LogP contribution < -0.4 is 4.90 Å². The summed E-state index contributed by atoms with van der Waals surface area (Å²) in [5.74, 6) is 0. The Morgan fingerprint density at radius 1 is 0.278 bits per heavy atom. The van der Waals surface area contributed by atoms with E-state index >= 15 is 0 Å². The van der Waals surface area contributed by atoms with Crippen LogP contribution in [-0.2, 0) is 0 Å². The highest BCUT2D eigenvalue weighted by atomic mass is 16.3. The average molecular weight is 690 g/mol. The molecule has 10 aromatic rings. The number of para-hydroxylation sites is 1. The molecule has 254 valence electrons. The van der Waals surface area contributed by atoms with E-state index in [0.29, 0.717) is 0 Å². The van der Waals surface area contributed by atoms with Gasteiger partial charge in [-0.25, -0.2) is 0 Å². The van der Waals surface area contributed by atoms with E-state index in [0.717, 1.165) is 44.4 Å². The molecule has 0 bridgehead atoms. The summed E-state index contributed by atoms with van der Waals surface area (Å²) in [7, 11) is 0. The minimum Gasteiger partial charge on any atom is -0.453 e. The van der Waals surface area contributed by atoms with E-state index < -0.39 is 0 Å². The highest BCUT2D eigenvalue weighted by molar-refractivity contribution is 6.17. The van der Waals surface area contributed by atoms with Crippen molar-refractivity contribution in [1.82, 2.24) is 0 Å². The van der Waals surface area contributed by atoms with Crippen LogP contribution in [0.25, 0.3) is 77.2 Å². The molecule has 0 fully saturated rings. The highest BCUT2D eigenvalue weighted by Gasteiger charge is 2.20. The lowest BCUT2D eigenvalue weighted by atomic mass is 9.98. The van der Waals surface area contributed by atoms with Gasteiger partial charge in [-0.05, 0) is 92.4 Å². The predicted octanol–water partition coefficient (Wildman–Crippen LogP) is 14.9. The smallest absolute Gasteiger partial charge is 0.159 e. The zero-order valence-corrected chi connectivity index (χ0v) is 29.6. The molecule has 0 spiro atoms. The van der Waals surface area contributed by atoms with E-state index in [1.165, 1.54) is 49.9 Å². The summed E-state index contributed by atoms with van der Waals surface area (Å²) in [5, 5.41) is 4.51. The van der Waals surface area contributed by atoms with Crippen molar-refractivity contribution in [2.24, 2.45) is 0 Å². The van der Waals surface area contributed by atoms with Gasteiger partial charge in [0.1, 0.15) is 5.58 Å². The molecule has 10 rings (SSSR count). The van der Waals surface area contributed by atoms with Crippen molar-refractivity contribution in [1.29, 1.82) is 0 Å². The predicted molar refractivity (Wildman–Crippen MR) is 228 cm³/mol. The van der Waals surface area contributed by atoms with Gasteiger partial charge >= 0.3 is 0 Å². The third kappa shape index (κ3) is 5.71. The van der Waals surface area contributed by atoms with E-state index in [1.807, 2.05) is 0 Å². The Morgan fingerprint density at radius 3 is 1.31 bits per heavy atom. The highest BCUT2D eigenvalue weighted by Crippen LogP contribution is 2.44. The standard InChI is InChI=1S/C52H35NO/c1-3-11-36(12-4-1)38-21-23-39(24-22-38)40-25-30-45(31-26-40)53(46-32-27-41(28-33-46)44-17-9-16-43(35-44)37-13-5-2-6-14-37)50-20-10-19-48-49-34-29-42-15-7-8-18-47(42)51(49)54-52(48)50/h1-35H. The zero-order chi connectivity index (χ0) is 35.8. The lowest BCUT2D eigenvalue weighted by Gasteiger charge is -2.26. The molecule has 2 nitrogen and oxygen atoms in total. The molecule has 54 heavy (non-hydrogen) atoms. The molecule has 0 radical (unpaired) electrons. The molecule has 0 aliphatic rings. The molecule has 0 aliphatic carbocycles. The largest absolute Gasteiger partial charge is 0.453 e. The number of anilines is 3. The fraction of sp³-hybridized carbons (Fsp3) is 0. The Morgan fingerprint density at radius 2 is 0.704 bits per heavy atom. The second-order valence-corrected chi connectivity index (χ2v) is 13.7. The normalized spacial score (nSPS) is 11.3. The van der Waals surface area contributed by atoms with Gasteiger partial charge in [0.05, 0.1) is 5.69 Å². The zero-order valence-electron chi connectivity index (χ0n) is 29.6. The fourth-order valence-corrected chi connectivity index (χ4v) is 7.72. The summed E-state index contributed by atoms with van der Waals surface area (Å²) in [5.41, 5.74) is 14.4. The van der Waals surface area contributed by atoms with Gasteiger partial charge in [0.25, 0.3) is 0 Å². The van der Waals surface area contributed by atoms with Crippen LogP contribution in [0.5, 0.6) is 0 Å². The number of nitrogens with zero attached hydrogens (tertiary/aromatic N) is 1. The number of furan rings is 1. The van der Waals surface area contributed by atoms with Crippen LogP contribution in [0.3, 0.4) is 0 Å². The Hall–Kier alpha value is -7.16. The summed E-state index contributed by atoms with van der Waals surface area (Å²) in [6, 6.07) is 75.7. The third-order valence-corrected chi connectivity index (χ3v) is 10.5. The van der Waals surface area contributed by atoms with Gasteiger partial charge in [-0.3, -0.25) is 0 Å². The maximum atomic E-state index is 6.87. The summed E-state index contributed by atoms with van der Waals surface area (Å²) in [6.07, 6.45) is 0. The van der Waals surface area contributed by atoms with Crippen molar-refractivity contribution >= 4 is 49.8 Å². The second kappa shape index (κ2) is 13.4. The van der Waals surface area contributed by atoms with Crippen molar-refractivity contribution < 1.29 is 4.42 Å². The monoisotopic (exact) mass is 689 g/mol. The van der Waals surface area contributed by atoms with E-state index in [2.05, 4.69) is 217 Å². The van der Waals surface area contributed by atoms with Gasteiger partial charge in [0.15, 0.2) is 5.58 Å². The first-order chi connectivity index (χ1) is 26.8. The Labute approximate surface area is 314 Å². The van der Waals surface area contributed by atoms with Crippen molar-refractivity contribution in [3.8, 4) is 44.5 Å². The van der Waals surface area contributed by atoms with Crippen molar-refractivity contribution in [3.05, 3.63) is 212 Å². The molecular formula is C52H35NO. The minimum absolute atomic E-state index is 0.865. The summed E-state index contributed by atoms with van der Waals surface area (Å²) in [6.45, 7) is 0. The SMILES string of the molecule is c1ccc(-c2ccc(-c3ccc(N(c4ccc(-c5cccc(-c6ccccc6)c5)cc4)c4cccc5c4oc4c6ccccc6ccc54)cc3)cc2)cc1. The van der Waals surface area contributed by atoms with Crippen LogP contribution in [-0.4, -0.2) is 0 Å². The lowest BCUT2D eigenvalue weighted by Crippen LogP contribution is -2.10. The minimum atomic E-state index is 0.865. The first kappa shape index (κ1) is 31.6. The molecule has 0 amide bonds. The molecule has 0 N–H and O–H groups in total. The van der Waals surface area contributed by atoms with Gasteiger partial charge in [0.2, 0.25) is 0 Å².